The maximum atomic E-state index is 11.8. The van der Waals surface area contributed by atoms with Crippen molar-refractivity contribution in [1.82, 2.24) is 4.90 Å². The monoisotopic (exact) mass is 510 g/mol. The molecule has 0 aromatic heterocycles. The van der Waals surface area contributed by atoms with Crippen LogP contribution >= 0.6 is 0 Å². The van der Waals surface area contributed by atoms with Gasteiger partial charge in [0.15, 0.2) is 0 Å². The molecule has 1 saturated heterocycles. The number of rotatable bonds is 10. The van der Waals surface area contributed by atoms with Crippen molar-refractivity contribution in [3.63, 3.8) is 0 Å². The number of aryl methyl sites for hydroxylation is 1. The Morgan fingerprint density at radius 3 is 2.61 bits per heavy atom. The highest BCUT2D eigenvalue weighted by molar-refractivity contribution is 5.81. The average Bonchev–Trinajstić information content (AvgIpc) is 2.94. The number of benzene rings is 3. The van der Waals surface area contributed by atoms with E-state index in [9.17, 15) is 15.2 Å². The average molecular weight is 511 g/mol. The van der Waals surface area contributed by atoms with Crippen LogP contribution < -0.4 is 4.74 Å². The molecule has 0 saturated carbocycles. The molecule has 6 heteroatoms. The zero-order valence-electron chi connectivity index (χ0n) is 22.0. The van der Waals surface area contributed by atoms with E-state index in [-0.39, 0.29) is 0 Å². The van der Waals surface area contributed by atoms with Crippen LogP contribution in [0.2, 0.25) is 0 Å². The number of ether oxygens (including phenoxy) is 2. The summed E-state index contributed by atoms with van der Waals surface area (Å²) in [5.41, 5.74) is 6.38. The SMILES string of the molecule is COCCOc1cc(C=Cc2cccc(-c3ccccc3)c2C#N)c(C)cc1CN1CCCCC1C(=O)O. The molecule has 0 spiro atoms. The van der Waals surface area contributed by atoms with Gasteiger partial charge in [-0.2, -0.15) is 5.26 Å². The summed E-state index contributed by atoms with van der Waals surface area (Å²) in [6.07, 6.45) is 6.57. The number of hydrogen-bond donors (Lipinski definition) is 1. The van der Waals surface area contributed by atoms with Crippen molar-refractivity contribution in [2.45, 2.75) is 38.8 Å². The maximum Gasteiger partial charge on any atom is 0.320 e. The van der Waals surface area contributed by atoms with E-state index in [1.54, 1.807) is 7.11 Å². The standard InChI is InChI=1S/C32H34N2O4/c1-23-19-27(22-34-16-7-6-13-30(34)32(35)36)31(38-18-17-37-2)20-26(23)15-14-25-11-8-12-28(29(25)21-33)24-9-4-3-5-10-24/h3-5,8-12,14-15,19-20,30H,6-7,13,16-18,22H2,1-2H3,(H,35,36). The summed E-state index contributed by atoms with van der Waals surface area (Å²) in [6, 6.07) is 21.8. The Kier molecular flexibility index (Phi) is 9.31. The summed E-state index contributed by atoms with van der Waals surface area (Å²) in [6.45, 7) is 4.16. The minimum atomic E-state index is -0.770. The minimum Gasteiger partial charge on any atom is -0.491 e. The first-order valence-electron chi connectivity index (χ1n) is 13.0. The molecule has 0 radical (unpaired) electrons. The van der Waals surface area contributed by atoms with Crippen LogP contribution in [0.15, 0.2) is 60.7 Å². The van der Waals surface area contributed by atoms with E-state index in [0.29, 0.717) is 31.7 Å². The van der Waals surface area contributed by atoms with Gasteiger partial charge < -0.3 is 14.6 Å². The van der Waals surface area contributed by atoms with Crippen LogP contribution in [0.3, 0.4) is 0 Å². The Bertz CT molecular complexity index is 1330. The predicted molar refractivity (Wildman–Crippen MR) is 150 cm³/mol. The Labute approximate surface area is 224 Å². The third-order valence-electron chi connectivity index (χ3n) is 7.00. The number of methoxy groups -OCH3 is 1. The lowest BCUT2D eigenvalue weighted by Gasteiger charge is -2.33. The quantitative estimate of drug-likeness (QED) is 0.259. The van der Waals surface area contributed by atoms with Gasteiger partial charge in [-0.05, 0) is 54.6 Å². The summed E-state index contributed by atoms with van der Waals surface area (Å²) >= 11 is 0. The van der Waals surface area contributed by atoms with Gasteiger partial charge in [-0.25, -0.2) is 0 Å². The van der Waals surface area contributed by atoms with Crippen LogP contribution in [0.5, 0.6) is 5.75 Å². The Hall–Kier alpha value is -3.92. The van der Waals surface area contributed by atoms with Crippen LogP contribution in [-0.2, 0) is 16.1 Å². The van der Waals surface area contributed by atoms with Crippen LogP contribution in [0, 0.1) is 18.3 Å². The number of carboxylic acids is 1. The smallest absolute Gasteiger partial charge is 0.320 e. The maximum absolute atomic E-state index is 11.8. The van der Waals surface area contributed by atoms with Crippen molar-refractivity contribution in [2.75, 3.05) is 26.9 Å². The molecule has 1 aliphatic heterocycles. The number of carboxylic acid groups (broad SMARTS) is 1. The fraction of sp³-hybridized carbons (Fsp3) is 0.312. The zero-order valence-corrected chi connectivity index (χ0v) is 22.0. The van der Waals surface area contributed by atoms with Gasteiger partial charge in [0, 0.05) is 24.8 Å². The van der Waals surface area contributed by atoms with E-state index in [2.05, 4.69) is 12.1 Å². The largest absolute Gasteiger partial charge is 0.491 e. The number of hydrogen-bond acceptors (Lipinski definition) is 5. The van der Waals surface area contributed by atoms with Crippen LogP contribution in [0.4, 0.5) is 0 Å². The molecule has 1 atom stereocenters. The lowest BCUT2D eigenvalue weighted by atomic mass is 9.95. The molecule has 4 rings (SSSR count). The normalized spacial score (nSPS) is 15.9. The number of piperidine rings is 1. The van der Waals surface area contributed by atoms with Crippen molar-refractivity contribution >= 4 is 18.1 Å². The van der Waals surface area contributed by atoms with Gasteiger partial charge >= 0.3 is 5.97 Å². The van der Waals surface area contributed by atoms with Crippen molar-refractivity contribution in [1.29, 1.82) is 5.26 Å². The summed E-state index contributed by atoms with van der Waals surface area (Å²) in [5.74, 6) is -0.0468. The second kappa shape index (κ2) is 13.0. The van der Waals surface area contributed by atoms with Crippen molar-refractivity contribution < 1.29 is 19.4 Å². The minimum absolute atomic E-state index is 0.399. The third-order valence-corrected chi connectivity index (χ3v) is 7.00. The molecule has 1 unspecified atom stereocenters. The fourth-order valence-electron chi connectivity index (χ4n) is 4.99. The van der Waals surface area contributed by atoms with E-state index in [4.69, 9.17) is 9.47 Å². The number of likely N-dealkylation sites (tertiary alicyclic amines) is 1. The molecule has 1 N–H and O–H groups in total. The highest BCUT2D eigenvalue weighted by atomic mass is 16.5. The van der Waals surface area contributed by atoms with E-state index >= 15 is 0 Å². The van der Waals surface area contributed by atoms with Gasteiger partial charge in [0.05, 0.1) is 12.2 Å². The topological polar surface area (TPSA) is 82.8 Å². The Balaban J connectivity index is 1.66. The molecular weight excluding hydrogens is 476 g/mol. The highest BCUT2D eigenvalue weighted by Gasteiger charge is 2.29. The predicted octanol–water partition coefficient (Wildman–Crippen LogP) is 6.17. The molecular formula is C32H34N2O4. The molecule has 1 heterocycles. The summed E-state index contributed by atoms with van der Waals surface area (Å²) < 4.78 is 11.3. The lowest BCUT2D eigenvalue weighted by molar-refractivity contribution is -0.144. The molecule has 196 valence electrons. The molecule has 3 aromatic carbocycles. The molecule has 6 nitrogen and oxygen atoms in total. The van der Waals surface area contributed by atoms with Crippen LogP contribution in [0.25, 0.3) is 23.3 Å². The number of aliphatic carboxylic acids is 1. The number of nitrogens with zero attached hydrogens (tertiary/aromatic N) is 2. The molecule has 38 heavy (non-hydrogen) atoms. The van der Waals surface area contributed by atoms with Gasteiger partial charge in [0.1, 0.15) is 24.5 Å². The summed E-state index contributed by atoms with van der Waals surface area (Å²) in [7, 11) is 1.63. The van der Waals surface area contributed by atoms with Gasteiger partial charge in [-0.1, -0.05) is 73.2 Å². The molecule has 0 bridgehead atoms. The van der Waals surface area contributed by atoms with Crippen molar-refractivity contribution in [2.24, 2.45) is 0 Å². The third kappa shape index (κ3) is 6.49. The van der Waals surface area contributed by atoms with Gasteiger partial charge in [-0.3, -0.25) is 9.69 Å². The number of nitriles is 1. The van der Waals surface area contributed by atoms with Crippen molar-refractivity contribution in [3.05, 3.63) is 88.5 Å². The Morgan fingerprint density at radius 1 is 1.08 bits per heavy atom. The molecule has 0 amide bonds. The summed E-state index contributed by atoms with van der Waals surface area (Å²) in [4.78, 5) is 13.9. The molecule has 0 aliphatic carbocycles. The van der Waals surface area contributed by atoms with Crippen LogP contribution in [0.1, 0.15) is 47.1 Å². The zero-order chi connectivity index (χ0) is 26.9. The first-order chi connectivity index (χ1) is 18.5. The first kappa shape index (κ1) is 27.1. The molecule has 3 aromatic rings. The van der Waals surface area contributed by atoms with E-state index < -0.39 is 12.0 Å². The van der Waals surface area contributed by atoms with E-state index in [0.717, 1.165) is 58.5 Å². The first-order valence-corrected chi connectivity index (χ1v) is 13.0. The lowest BCUT2D eigenvalue weighted by Crippen LogP contribution is -2.44. The number of carbonyl (C=O) groups is 1. The van der Waals surface area contributed by atoms with E-state index in [1.807, 2.05) is 78.6 Å². The highest BCUT2D eigenvalue weighted by Crippen LogP contribution is 2.31. The van der Waals surface area contributed by atoms with Crippen LogP contribution in [-0.4, -0.2) is 48.9 Å². The Morgan fingerprint density at radius 2 is 1.87 bits per heavy atom. The second-order valence-electron chi connectivity index (χ2n) is 9.56. The fourth-order valence-corrected chi connectivity index (χ4v) is 4.99. The second-order valence-corrected chi connectivity index (χ2v) is 9.56. The molecule has 1 aliphatic rings. The van der Waals surface area contributed by atoms with Gasteiger partial charge in [0.25, 0.3) is 0 Å². The summed E-state index contributed by atoms with van der Waals surface area (Å²) in [5, 5.41) is 19.7. The molecule has 1 fully saturated rings. The van der Waals surface area contributed by atoms with Crippen molar-refractivity contribution in [3.8, 4) is 22.9 Å². The van der Waals surface area contributed by atoms with Gasteiger partial charge in [0.2, 0.25) is 0 Å². The van der Waals surface area contributed by atoms with E-state index in [1.165, 1.54) is 0 Å². The van der Waals surface area contributed by atoms with Gasteiger partial charge in [-0.15, -0.1) is 0 Å².